The van der Waals surface area contributed by atoms with Crippen molar-refractivity contribution in [1.29, 1.82) is 0 Å². The summed E-state index contributed by atoms with van der Waals surface area (Å²) in [5.41, 5.74) is 1.63. The normalized spacial score (nSPS) is 10.8. The van der Waals surface area contributed by atoms with Crippen molar-refractivity contribution in [3.05, 3.63) is 39.8 Å². The highest BCUT2D eigenvalue weighted by molar-refractivity contribution is 7.09. The van der Waals surface area contributed by atoms with E-state index in [1.54, 1.807) is 30.6 Å². The molecule has 0 radical (unpaired) electrons. The molecule has 0 saturated carbocycles. The summed E-state index contributed by atoms with van der Waals surface area (Å²) in [5, 5.41) is 12.5. The Labute approximate surface area is 123 Å². The molecular weight excluding hydrogens is 274 g/mol. The molecule has 0 atom stereocenters. The summed E-state index contributed by atoms with van der Waals surface area (Å²) in [4.78, 5) is 4.52. The van der Waals surface area contributed by atoms with E-state index in [2.05, 4.69) is 18.8 Å². The largest absolute Gasteiger partial charge is 0.497 e. The Bertz CT molecular complexity index is 566. The third-order valence-corrected chi connectivity index (χ3v) is 4.07. The second-order valence-electron chi connectivity index (χ2n) is 4.75. The van der Waals surface area contributed by atoms with E-state index in [1.165, 1.54) is 0 Å². The van der Waals surface area contributed by atoms with Crippen LogP contribution in [0.5, 0.6) is 11.5 Å². The fraction of sp³-hybridized carbons (Fsp3) is 0.400. The number of aromatic nitrogens is 1. The van der Waals surface area contributed by atoms with E-state index in [9.17, 15) is 5.11 Å². The summed E-state index contributed by atoms with van der Waals surface area (Å²) < 4.78 is 10.9. The van der Waals surface area contributed by atoms with E-state index >= 15 is 0 Å². The lowest BCUT2D eigenvalue weighted by atomic mass is 10.2. The first-order chi connectivity index (χ1) is 9.63. The molecule has 20 heavy (non-hydrogen) atoms. The first-order valence-electron chi connectivity index (χ1n) is 6.49. The summed E-state index contributed by atoms with van der Waals surface area (Å²) in [6, 6.07) is 5.39. The van der Waals surface area contributed by atoms with Gasteiger partial charge in [-0.3, -0.25) is 0 Å². The van der Waals surface area contributed by atoms with E-state index in [0.29, 0.717) is 29.6 Å². The first kappa shape index (κ1) is 14.8. The van der Waals surface area contributed by atoms with E-state index in [4.69, 9.17) is 9.47 Å². The number of nitrogens with zero attached hydrogens (tertiary/aromatic N) is 1. The zero-order chi connectivity index (χ0) is 14.5. The van der Waals surface area contributed by atoms with Crippen LogP contribution in [-0.2, 0) is 13.2 Å². The van der Waals surface area contributed by atoms with Crippen molar-refractivity contribution >= 4 is 11.3 Å². The number of hydrogen-bond acceptors (Lipinski definition) is 5. The molecule has 1 heterocycles. The zero-order valence-corrected chi connectivity index (χ0v) is 12.7. The van der Waals surface area contributed by atoms with Crippen molar-refractivity contribution in [3.63, 3.8) is 0 Å². The minimum Gasteiger partial charge on any atom is -0.497 e. The third-order valence-electron chi connectivity index (χ3n) is 2.88. The first-order valence-corrected chi connectivity index (χ1v) is 7.37. The molecule has 1 aromatic heterocycles. The van der Waals surface area contributed by atoms with Gasteiger partial charge in [0.1, 0.15) is 18.1 Å². The standard InChI is InChI=1S/C15H19NO3S/c1-10(2)15-16-12(9-20-15)8-19-14-5-4-13(18-3)6-11(14)7-17/h4-6,9-10,17H,7-8H2,1-3H3. The number of methoxy groups -OCH3 is 1. The monoisotopic (exact) mass is 293 g/mol. The number of rotatable bonds is 6. The molecule has 0 unspecified atom stereocenters. The third kappa shape index (κ3) is 3.49. The lowest BCUT2D eigenvalue weighted by Crippen LogP contribution is -2.00. The minimum atomic E-state index is -0.0825. The Hall–Kier alpha value is -1.59. The number of thiazole rings is 1. The highest BCUT2D eigenvalue weighted by atomic mass is 32.1. The van der Waals surface area contributed by atoms with E-state index in [0.717, 1.165) is 10.7 Å². The number of ether oxygens (including phenoxy) is 2. The Morgan fingerprint density at radius 1 is 1.35 bits per heavy atom. The maximum atomic E-state index is 9.36. The second-order valence-corrected chi connectivity index (χ2v) is 5.64. The summed E-state index contributed by atoms with van der Waals surface area (Å²) in [6.45, 7) is 4.57. The topological polar surface area (TPSA) is 51.6 Å². The van der Waals surface area contributed by atoms with Gasteiger partial charge in [-0.15, -0.1) is 11.3 Å². The Balaban J connectivity index is 2.06. The molecule has 0 aliphatic rings. The SMILES string of the molecule is COc1ccc(OCc2csc(C(C)C)n2)c(CO)c1. The minimum absolute atomic E-state index is 0.0825. The van der Waals surface area contributed by atoms with Crippen molar-refractivity contribution in [2.75, 3.05) is 7.11 Å². The van der Waals surface area contributed by atoms with Gasteiger partial charge < -0.3 is 14.6 Å². The van der Waals surface area contributed by atoms with Crippen LogP contribution in [0.25, 0.3) is 0 Å². The number of aliphatic hydroxyl groups is 1. The quantitative estimate of drug-likeness (QED) is 0.887. The molecule has 2 aromatic rings. The molecule has 108 valence electrons. The molecule has 0 spiro atoms. The van der Waals surface area contributed by atoms with Gasteiger partial charge in [0.15, 0.2) is 0 Å². The average molecular weight is 293 g/mol. The van der Waals surface area contributed by atoms with Crippen LogP contribution in [0.3, 0.4) is 0 Å². The highest BCUT2D eigenvalue weighted by Gasteiger charge is 2.08. The van der Waals surface area contributed by atoms with E-state index in [-0.39, 0.29) is 6.61 Å². The van der Waals surface area contributed by atoms with Gasteiger partial charge in [-0.2, -0.15) is 0 Å². The van der Waals surface area contributed by atoms with Gasteiger partial charge in [0.25, 0.3) is 0 Å². The van der Waals surface area contributed by atoms with Crippen molar-refractivity contribution in [2.45, 2.75) is 33.0 Å². The van der Waals surface area contributed by atoms with Crippen LogP contribution in [-0.4, -0.2) is 17.2 Å². The Kier molecular flexibility index (Phi) is 4.98. The van der Waals surface area contributed by atoms with Gasteiger partial charge in [-0.25, -0.2) is 4.98 Å². The van der Waals surface area contributed by atoms with E-state index < -0.39 is 0 Å². The van der Waals surface area contributed by atoms with Gasteiger partial charge >= 0.3 is 0 Å². The molecule has 0 amide bonds. The van der Waals surface area contributed by atoms with Crippen molar-refractivity contribution < 1.29 is 14.6 Å². The molecule has 4 nitrogen and oxygen atoms in total. The maximum absolute atomic E-state index is 9.36. The van der Waals surface area contributed by atoms with Gasteiger partial charge in [0, 0.05) is 16.9 Å². The summed E-state index contributed by atoms with van der Waals surface area (Å²) >= 11 is 1.65. The molecule has 1 aromatic carbocycles. The Morgan fingerprint density at radius 3 is 2.75 bits per heavy atom. The Morgan fingerprint density at radius 2 is 2.15 bits per heavy atom. The summed E-state index contributed by atoms with van der Waals surface area (Å²) in [6.07, 6.45) is 0. The molecule has 0 saturated heterocycles. The fourth-order valence-electron chi connectivity index (χ4n) is 1.75. The second kappa shape index (κ2) is 6.72. The van der Waals surface area contributed by atoms with E-state index in [1.807, 2.05) is 11.4 Å². The summed E-state index contributed by atoms with van der Waals surface area (Å²) in [7, 11) is 1.60. The lowest BCUT2D eigenvalue weighted by Gasteiger charge is -2.10. The van der Waals surface area contributed by atoms with Gasteiger partial charge in [0.05, 0.1) is 24.4 Å². The number of aliphatic hydroxyl groups excluding tert-OH is 1. The number of benzene rings is 1. The van der Waals surface area contributed by atoms with Crippen LogP contribution >= 0.6 is 11.3 Å². The lowest BCUT2D eigenvalue weighted by molar-refractivity contribution is 0.256. The van der Waals surface area contributed by atoms with Crippen LogP contribution in [0.2, 0.25) is 0 Å². The summed E-state index contributed by atoms with van der Waals surface area (Å²) in [5.74, 6) is 1.80. The van der Waals surface area contributed by atoms with Gasteiger partial charge in [-0.05, 0) is 18.2 Å². The molecule has 0 bridgehead atoms. The van der Waals surface area contributed by atoms with Gasteiger partial charge in [0.2, 0.25) is 0 Å². The molecule has 0 fully saturated rings. The van der Waals surface area contributed by atoms with Gasteiger partial charge in [-0.1, -0.05) is 13.8 Å². The smallest absolute Gasteiger partial charge is 0.131 e. The van der Waals surface area contributed by atoms with Crippen molar-refractivity contribution in [2.24, 2.45) is 0 Å². The maximum Gasteiger partial charge on any atom is 0.131 e. The molecule has 2 rings (SSSR count). The van der Waals surface area contributed by atoms with Crippen LogP contribution in [0.1, 0.15) is 36.0 Å². The fourth-order valence-corrected chi connectivity index (χ4v) is 2.57. The number of hydrogen-bond donors (Lipinski definition) is 1. The molecule has 0 aliphatic carbocycles. The molecule has 0 aliphatic heterocycles. The van der Waals surface area contributed by atoms with Crippen LogP contribution in [0.15, 0.2) is 23.6 Å². The predicted molar refractivity (Wildman–Crippen MR) is 79.5 cm³/mol. The molecule has 5 heteroatoms. The van der Waals surface area contributed by atoms with Crippen LogP contribution < -0.4 is 9.47 Å². The van der Waals surface area contributed by atoms with Crippen LogP contribution in [0.4, 0.5) is 0 Å². The van der Waals surface area contributed by atoms with Crippen LogP contribution in [0, 0.1) is 0 Å². The average Bonchev–Trinajstić information content (AvgIpc) is 2.94. The van der Waals surface area contributed by atoms with Crippen molar-refractivity contribution in [1.82, 2.24) is 4.98 Å². The molecule has 1 N–H and O–H groups in total. The van der Waals surface area contributed by atoms with Crippen molar-refractivity contribution in [3.8, 4) is 11.5 Å². The highest BCUT2D eigenvalue weighted by Crippen LogP contribution is 2.26. The molecular formula is C15H19NO3S. The predicted octanol–water partition coefficient (Wildman–Crippen LogP) is 3.35. The zero-order valence-electron chi connectivity index (χ0n) is 11.9.